The summed E-state index contributed by atoms with van der Waals surface area (Å²) >= 11 is 1.90. The second-order valence-corrected chi connectivity index (χ2v) is 6.35. The molecule has 1 aliphatic rings. The van der Waals surface area contributed by atoms with Crippen molar-refractivity contribution in [3.05, 3.63) is 28.6 Å². The largest absolute Gasteiger partial charge is 0.495 e. The molecule has 102 valence electrons. The molecule has 1 fully saturated rings. The summed E-state index contributed by atoms with van der Waals surface area (Å²) < 4.78 is 6.81. The molecule has 19 heavy (non-hydrogen) atoms. The van der Waals surface area contributed by atoms with Crippen molar-refractivity contribution in [2.24, 2.45) is 0 Å². The fourth-order valence-corrected chi connectivity index (χ4v) is 3.84. The second kappa shape index (κ2) is 5.51. The SMILES string of the molecule is CCCc1c(CNC2CC2)sc2c(OC)cccc12. The first-order valence-corrected chi connectivity index (χ1v) is 7.95. The molecular formula is C16H21NOS. The van der Waals surface area contributed by atoms with Crippen LogP contribution in [0.2, 0.25) is 0 Å². The molecule has 1 aliphatic carbocycles. The Hall–Kier alpha value is -1.06. The van der Waals surface area contributed by atoms with Crippen LogP contribution in [-0.2, 0) is 13.0 Å². The number of rotatable bonds is 6. The number of nitrogens with one attached hydrogen (secondary N) is 1. The maximum absolute atomic E-state index is 5.50. The number of fused-ring (bicyclic) bond motifs is 1. The Kier molecular flexibility index (Phi) is 3.76. The lowest BCUT2D eigenvalue weighted by Gasteiger charge is -2.04. The third-order valence-electron chi connectivity index (χ3n) is 3.71. The molecule has 1 N–H and O–H groups in total. The third-order valence-corrected chi connectivity index (χ3v) is 4.98. The second-order valence-electron chi connectivity index (χ2n) is 5.25. The van der Waals surface area contributed by atoms with E-state index in [9.17, 15) is 0 Å². The first kappa shape index (κ1) is 12.9. The Labute approximate surface area is 118 Å². The van der Waals surface area contributed by atoms with E-state index in [0.717, 1.165) is 24.8 Å². The maximum atomic E-state index is 5.50. The van der Waals surface area contributed by atoms with E-state index in [2.05, 4.69) is 30.4 Å². The molecule has 2 aromatic rings. The lowest BCUT2D eigenvalue weighted by atomic mass is 10.1. The van der Waals surface area contributed by atoms with Gasteiger partial charge >= 0.3 is 0 Å². The molecule has 0 saturated heterocycles. The maximum Gasteiger partial charge on any atom is 0.136 e. The Bertz CT molecular complexity index is 571. The molecule has 0 amide bonds. The molecule has 0 unspecified atom stereocenters. The third kappa shape index (κ3) is 2.63. The summed E-state index contributed by atoms with van der Waals surface area (Å²) in [6.45, 7) is 3.27. The van der Waals surface area contributed by atoms with Gasteiger partial charge in [0.25, 0.3) is 0 Å². The van der Waals surface area contributed by atoms with Gasteiger partial charge in [0.2, 0.25) is 0 Å². The highest BCUT2D eigenvalue weighted by molar-refractivity contribution is 7.19. The number of aryl methyl sites for hydroxylation is 1. The number of hydrogen-bond acceptors (Lipinski definition) is 3. The van der Waals surface area contributed by atoms with Crippen LogP contribution in [0, 0.1) is 0 Å². The molecular weight excluding hydrogens is 254 g/mol. The number of methoxy groups -OCH3 is 1. The van der Waals surface area contributed by atoms with Gasteiger partial charge in [0.15, 0.2) is 0 Å². The van der Waals surface area contributed by atoms with Crippen molar-refractivity contribution in [3.63, 3.8) is 0 Å². The molecule has 1 aromatic carbocycles. The van der Waals surface area contributed by atoms with Gasteiger partial charge in [-0.05, 0) is 36.3 Å². The van der Waals surface area contributed by atoms with Crippen LogP contribution >= 0.6 is 11.3 Å². The van der Waals surface area contributed by atoms with Crippen LogP contribution in [0.1, 0.15) is 36.6 Å². The average molecular weight is 275 g/mol. The van der Waals surface area contributed by atoms with Crippen molar-refractivity contribution in [3.8, 4) is 5.75 Å². The zero-order valence-electron chi connectivity index (χ0n) is 11.7. The Balaban J connectivity index is 1.99. The van der Waals surface area contributed by atoms with Crippen LogP contribution in [0.25, 0.3) is 10.1 Å². The molecule has 0 bridgehead atoms. The van der Waals surface area contributed by atoms with Crippen LogP contribution < -0.4 is 10.1 Å². The van der Waals surface area contributed by atoms with E-state index < -0.39 is 0 Å². The van der Waals surface area contributed by atoms with Crippen molar-refractivity contribution in [2.45, 2.75) is 45.2 Å². The zero-order chi connectivity index (χ0) is 13.2. The molecule has 0 atom stereocenters. The topological polar surface area (TPSA) is 21.3 Å². The molecule has 1 aromatic heterocycles. The lowest BCUT2D eigenvalue weighted by Crippen LogP contribution is -2.15. The summed E-state index contributed by atoms with van der Waals surface area (Å²) in [6.07, 6.45) is 5.04. The van der Waals surface area contributed by atoms with Crippen LogP contribution in [0.15, 0.2) is 18.2 Å². The highest BCUT2D eigenvalue weighted by Gasteiger charge is 2.22. The quantitative estimate of drug-likeness (QED) is 0.856. The number of thiophene rings is 1. The predicted octanol–water partition coefficient (Wildman–Crippen LogP) is 4.11. The van der Waals surface area contributed by atoms with Gasteiger partial charge in [-0.15, -0.1) is 11.3 Å². The summed E-state index contributed by atoms with van der Waals surface area (Å²) in [4.78, 5) is 1.49. The minimum atomic E-state index is 0.765. The van der Waals surface area contributed by atoms with E-state index in [0.29, 0.717) is 0 Å². The van der Waals surface area contributed by atoms with E-state index in [1.165, 1.54) is 39.8 Å². The van der Waals surface area contributed by atoms with E-state index in [1.807, 2.05) is 11.3 Å². The molecule has 0 radical (unpaired) electrons. The van der Waals surface area contributed by atoms with Crippen molar-refractivity contribution >= 4 is 21.4 Å². The van der Waals surface area contributed by atoms with Crippen LogP contribution in [-0.4, -0.2) is 13.2 Å². The standard InChI is InChI=1S/C16H21NOS/c1-3-5-12-13-6-4-7-14(18-2)16(13)19-15(12)10-17-11-8-9-11/h4,6-7,11,17H,3,5,8-10H2,1-2H3. The van der Waals surface area contributed by atoms with Crippen molar-refractivity contribution in [1.29, 1.82) is 0 Å². The Morgan fingerprint density at radius 2 is 2.21 bits per heavy atom. The van der Waals surface area contributed by atoms with E-state index in [4.69, 9.17) is 4.74 Å². The van der Waals surface area contributed by atoms with Gasteiger partial charge in [-0.3, -0.25) is 0 Å². The van der Waals surface area contributed by atoms with Crippen molar-refractivity contribution in [2.75, 3.05) is 7.11 Å². The zero-order valence-corrected chi connectivity index (χ0v) is 12.5. The first-order valence-electron chi connectivity index (χ1n) is 7.14. The first-order chi connectivity index (χ1) is 9.33. The fraction of sp³-hybridized carbons (Fsp3) is 0.500. The predicted molar refractivity (Wildman–Crippen MR) is 82.2 cm³/mol. The summed E-state index contributed by atoms with van der Waals surface area (Å²) in [5.74, 6) is 1.01. The average Bonchev–Trinajstić information content (AvgIpc) is 3.20. The van der Waals surface area contributed by atoms with E-state index >= 15 is 0 Å². The van der Waals surface area contributed by atoms with Gasteiger partial charge in [0.05, 0.1) is 11.8 Å². The van der Waals surface area contributed by atoms with Gasteiger partial charge in [-0.25, -0.2) is 0 Å². The van der Waals surface area contributed by atoms with Crippen molar-refractivity contribution in [1.82, 2.24) is 5.32 Å². The summed E-state index contributed by atoms with van der Waals surface area (Å²) in [5.41, 5.74) is 1.52. The highest BCUT2D eigenvalue weighted by Crippen LogP contribution is 2.38. The molecule has 3 heteroatoms. The van der Waals surface area contributed by atoms with Crippen LogP contribution in [0.5, 0.6) is 5.75 Å². The molecule has 3 rings (SSSR count). The molecule has 0 aliphatic heterocycles. The normalized spacial score (nSPS) is 15.1. The molecule has 2 nitrogen and oxygen atoms in total. The number of benzene rings is 1. The minimum absolute atomic E-state index is 0.765. The van der Waals surface area contributed by atoms with Gasteiger partial charge < -0.3 is 10.1 Å². The van der Waals surface area contributed by atoms with E-state index in [1.54, 1.807) is 7.11 Å². The van der Waals surface area contributed by atoms with Crippen molar-refractivity contribution < 1.29 is 4.74 Å². The molecule has 0 spiro atoms. The smallest absolute Gasteiger partial charge is 0.136 e. The van der Waals surface area contributed by atoms with Gasteiger partial charge in [-0.2, -0.15) is 0 Å². The Morgan fingerprint density at radius 3 is 2.89 bits per heavy atom. The summed E-state index contributed by atoms with van der Waals surface area (Å²) in [7, 11) is 1.76. The summed E-state index contributed by atoms with van der Waals surface area (Å²) in [5, 5.41) is 5.03. The monoisotopic (exact) mass is 275 g/mol. The molecule has 1 heterocycles. The molecule has 1 saturated carbocycles. The van der Waals surface area contributed by atoms with E-state index in [-0.39, 0.29) is 0 Å². The lowest BCUT2D eigenvalue weighted by molar-refractivity contribution is 0.420. The minimum Gasteiger partial charge on any atom is -0.495 e. The van der Waals surface area contributed by atoms with Gasteiger partial charge in [0, 0.05) is 17.5 Å². The summed E-state index contributed by atoms with van der Waals surface area (Å²) in [6, 6.07) is 7.17. The number of hydrogen-bond donors (Lipinski definition) is 1. The van der Waals surface area contributed by atoms with Gasteiger partial charge in [-0.1, -0.05) is 25.5 Å². The van der Waals surface area contributed by atoms with Gasteiger partial charge in [0.1, 0.15) is 5.75 Å². The fourth-order valence-electron chi connectivity index (χ4n) is 2.55. The number of ether oxygens (including phenoxy) is 1. The highest BCUT2D eigenvalue weighted by atomic mass is 32.1. The van der Waals surface area contributed by atoms with Crippen LogP contribution in [0.4, 0.5) is 0 Å². The van der Waals surface area contributed by atoms with Crippen LogP contribution in [0.3, 0.4) is 0 Å². The Morgan fingerprint density at radius 1 is 1.37 bits per heavy atom.